The third-order valence-corrected chi connectivity index (χ3v) is 3.05. The molecule has 2 rings (SSSR count). The minimum Gasteiger partial charge on any atom is -0.496 e. The second-order valence-corrected chi connectivity index (χ2v) is 4.55. The Morgan fingerprint density at radius 2 is 2.25 bits per heavy atom. The molecule has 0 atom stereocenters. The van der Waals surface area contributed by atoms with E-state index in [1.807, 2.05) is 31.4 Å². The van der Waals surface area contributed by atoms with Crippen molar-refractivity contribution in [2.24, 2.45) is 7.05 Å². The molecule has 0 radical (unpaired) electrons. The van der Waals surface area contributed by atoms with E-state index in [0.717, 1.165) is 30.0 Å². The van der Waals surface area contributed by atoms with Crippen LogP contribution in [0.1, 0.15) is 16.8 Å². The quantitative estimate of drug-likeness (QED) is 0.810. The molecule has 20 heavy (non-hydrogen) atoms. The highest BCUT2D eigenvalue weighted by Crippen LogP contribution is 2.19. The zero-order valence-electron chi connectivity index (χ0n) is 11.8. The summed E-state index contributed by atoms with van der Waals surface area (Å²) >= 11 is 0. The van der Waals surface area contributed by atoms with Gasteiger partial charge in [0, 0.05) is 38.3 Å². The molecule has 104 valence electrons. The van der Waals surface area contributed by atoms with Crippen LogP contribution in [0, 0.1) is 11.3 Å². The molecule has 5 heteroatoms. The fourth-order valence-corrected chi connectivity index (χ4v) is 2.02. The minimum absolute atomic E-state index is 0.646. The summed E-state index contributed by atoms with van der Waals surface area (Å²) in [5, 5.41) is 16.6. The Labute approximate surface area is 118 Å². The summed E-state index contributed by atoms with van der Waals surface area (Å²) in [6, 6.07) is 9.60. The predicted octanol–water partition coefficient (Wildman–Crippen LogP) is 1.63. The summed E-state index contributed by atoms with van der Waals surface area (Å²) in [5.41, 5.74) is 2.71. The van der Waals surface area contributed by atoms with Crippen molar-refractivity contribution in [1.82, 2.24) is 15.1 Å². The number of ether oxygens (including phenoxy) is 1. The number of aryl methyl sites for hydroxylation is 1. The lowest BCUT2D eigenvalue weighted by Crippen LogP contribution is -2.17. The molecule has 0 aliphatic carbocycles. The summed E-state index contributed by atoms with van der Waals surface area (Å²) < 4.78 is 7.10. The third-order valence-electron chi connectivity index (χ3n) is 3.05. The molecular weight excluding hydrogens is 252 g/mol. The summed E-state index contributed by atoms with van der Waals surface area (Å²) in [6.07, 6.45) is 2.82. The molecule has 1 heterocycles. The van der Waals surface area contributed by atoms with E-state index < -0.39 is 0 Å². The molecule has 0 unspecified atom stereocenters. The zero-order chi connectivity index (χ0) is 14.4. The van der Waals surface area contributed by atoms with Gasteiger partial charge < -0.3 is 10.1 Å². The van der Waals surface area contributed by atoms with Crippen molar-refractivity contribution in [3.05, 3.63) is 47.3 Å². The van der Waals surface area contributed by atoms with Gasteiger partial charge >= 0.3 is 0 Å². The number of rotatable bonds is 6. The first kappa shape index (κ1) is 14.1. The van der Waals surface area contributed by atoms with Gasteiger partial charge in [-0.05, 0) is 24.3 Å². The van der Waals surface area contributed by atoms with E-state index in [1.165, 1.54) is 0 Å². The van der Waals surface area contributed by atoms with Crippen LogP contribution in [0.15, 0.2) is 30.5 Å². The average molecular weight is 270 g/mol. The van der Waals surface area contributed by atoms with E-state index >= 15 is 0 Å². The molecule has 0 bridgehead atoms. The van der Waals surface area contributed by atoms with E-state index in [0.29, 0.717) is 12.1 Å². The van der Waals surface area contributed by atoms with Gasteiger partial charge in [0.25, 0.3) is 0 Å². The molecule has 2 aromatic rings. The van der Waals surface area contributed by atoms with Gasteiger partial charge in [-0.15, -0.1) is 0 Å². The Morgan fingerprint density at radius 3 is 2.90 bits per heavy atom. The summed E-state index contributed by atoms with van der Waals surface area (Å²) in [4.78, 5) is 0. The number of hydrogen-bond acceptors (Lipinski definition) is 4. The highest BCUT2D eigenvalue weighted by Gasteiger charge is 2.04. The topological polar surface area (TPSA) is 62.9 Å². The number of aromatic nitrogens is 2. The van der Waals surface area contributed by atoms with Gasteiger partial charge in [-0.3, -0.25) is 4.68 Å². The molecule has 0 aliphatic heterocycles. The molecule has 0 aliphatic rings. The summed E-state index contributed by atoms with van der Waals surface area (Å²) in [6.45, 7) is 1.50. The third kappa shape index (κ3) is 3.59. The van der Waals surface area contributed by atoms with Crippen LogP contribution in [-0.4, -0.2) is 23.4 Å². The lowest BCUT2D eigenvalue weighted by atomic mass is 10.1. The van der Waals surface area contributed by atoms with Gasteiger partial charge in [0.2, 0.25) is 0 Å². The largest absolute Gasteiger partial charge is 0.496 e. The number of methoxy groups -OCH3 is 1. The van der Waals surface area contributed by atoms with Crippen molar-refractivity contribution in [3.8, 4) is 11.8 Å². The van der Waals surface area contributed by atoms with E-state index in [9.17, 15) is 0 Å². The number of nitrogens with zero attached hydrogens (tertiary/aromatic N) is 3. The van der Waals surface area contributed by atoms with Crippen LogP contribution in [0.2, 0.25) is 0 Å². The van der Waals surface area contributed by atoms with Crippen LogP contribution in [0.25, 0.3) is 0 Å². The SMILES string of the molecule is COc1ccc(C#N)cc1CNCCc1ccn(C)n1. The van der Waals surface area contributed by atoms with Crippen LogP contribution in [0.5, 0.6) is 5.75 Å². The first-order valence-electron chi connectivity index (χ1n) is 6.49. The van der Waals surface area contributed by atoms with Crippen LogP contribution in [0.3, 0.4) is 0 Å². The molecule has 1 aromatic heterocycles. The summed E-state index contributed by atoms with van der Waals surface area (Å²) in [5.74, 6) is 0.800. The van der Waals surface area contributed by atoms with Crippen LogP contribution < -0.4 is 10.1 Å². The van der Waals surface area contributed by atoms with Gasteiger partial charge in [-0.2, -0.15) is 10.4 Å². The van der Waals surface area contributed by atoms with Crippen LogP contribution >= 0.6 is 0 Å². The van der Waals surface area contributed by atoms with Crippen molar-refractivity contribution in [2.75, 3.05) is 13.7 Å². The zero-order valence-corrected chi connectivity index (χ0v) is 11.8. The fraction of sp³-hybridized carbons (Fsp3) is 0.333. The minimum atomic E-state index is 0.646. The second-order valence-electron chi connectivity index (χ2n) is 4.55. The normalized spacial score (nSPS) is 10.2. The Morgan fingerprint density at radius 1 is 1.40 bits per heavy atom. The average Bonchev–Trinajstić information content (AvgIpc) is 2.89. The molecule has 0 amide bonds. The van der Waals surface area contributed by atoms with Crippen LogP contribution in [0.4, 0.5) is 0 Å². The van der Waals surface area contributed by atoms with E-state index in [-0.39, 0.29) is 0 Å². The van der Waals surface area contributed by atoms with Crippen molar-refractivity contribution in [1.29, 1.82) is 5.26 Å². The maximum atomic E-state index is 8.93. The van der Waals surface area contributed by atoms with Gasteiger partial charge in [-0.25, -0.2) is 0 Å². The predicted molar refractivity (Wildman–Crippen MR) is 76.3 cm³/mol. The molecule has 0 fully saturated rings. The number of nitrogens with one attached hydrogen (secondary N) is 1. The molecule has 5 nitrogen and oxygen atoms in total. The highest BCUT2D eigenvalue weighted by molar-refractivity contribution is 5.41. The van der Waals surface area contributed by atoms with Crippen molar-refractivity contribution >= 4 is 0 Å². The molecule has 0 spiro atoms. The summed E-state index contributed by atoms with van der Waals surface area (Å²) in [7, 11) is 3.55. The van der Waals surface area contributed by atoms with Crippen LogP contribution in [-0.2, 0) is 20.0 Å². The van der Waals surface area contributed by atoms with Gasteiger partial charge in [0.1, 0.15) is 5.75 Å². The highest BCUT2D eigenvalue weighted by atomic mass is 16.5. The number of nitriles is 1. The molecule has 1 N–H and O–H groups in total. The van der Waals surface area contributed by atoms with Gasteiger partial charge in [-0.1, -0.05) is 0 Å². The van der Waals surface area contributed by atoms with Gasteiger partial charge in [0.05, 0.1) is 24.4 Å². The standard InChI is InChI=1S/C15H18N4O/c1-19-8-6-14(18-19)5-7-17-11-13-9-12(10-16)3-4-15(13)20-2/h3-4,6,8-9,17H,5,7,11H2,1-2H3. The van der Waals surface area contributed by atoms with Crippen molar-refractivity contribution in [2.45, 2.75) is 13.0 Å². The lowest BCUT2D eigenvalue weighted by molar-refractivity contribution is 0.407. The Hall–Kier alpha value is -2.32. The Kier molecular flexibility index (Phi) is 4.75. The number of hydrogen-bond donors (Lipinski definition) is 1. The molecule has 0 saturated carbocycles. The first-order valence-corrected chi connectivity index (χ1v) is 6.49. The van der Waals surface area contributed by atoms with Crippen molar-refractivity contribution < 1.29 is 4.74 Å². The first-order chi connectivity index (χ1) is 9.72. The van der Waals surface area contributed by atoms with Gasteiger partial charge in [0.15, 0.2) is 0 Å². The molecule has 1 aromatic carbocycles. The Bertz CT molecular complexity index is 613. The lowest BCUT2D eigenvalue weighted by Gasteiger charge is -2.09. The van der Waals surface area contributed by atoms with Crippen molar-refractivity contribution in [3.63, 3.8) is 0 Å². The Balaban J connectivity index is 1.88. The maximum absolute atomic E-state index is 8.93. The van der Waals surface area contributed by atoms with E-state index in [4.69, 9.17) is 10.00 Å². The second kappa shape index (κ2) is 6.73. The monoisotopic (exact) mass is 270 g/mol. The van der Waals surface area contributed by atoms with E-state index in [1.54, 1.807) is 17.9 Å². The molecular formula is C15H18N4O. The number of benzene rings is 1. The fourth-order valence-electron chi connectivity index (χ4n) is 2.02. The van der Waals surface area contributed by atoms with E-state index in [2.05, 4.69) is 16.5 Å². The maximum Gasteiger partial charge on any atom is 0.123 e. The smallest absolute Gasteiger partial charge is 0.123 e. The molecule has 0 saturated heterocycles.